The molecule has 3 rings (SSSR count). The molecular weight excluding hydrogens is 266 g/mol. The fourth-order valence-electron chi connectivity index (χ4n) is 2.54. The van der Waals surface area contributed by atoms with Crippen LogP contribution in [0.3, 0.4) is 0 Å². The first-order chi connectivity index (χ1) is 10.1. The highest BCUT2D eigenvalue weighted by molar-refractivity contribution is 5.95. The summed E-state index contributed by atoms with van der Waals surface area (Å²) in [6, 6.07) is 9.66. The Hall–Kier alpha value is -2.43. The number of nitrogens with zero attached hydrogens (tertiary/aromatic N) is 3. The summed E-state index contributed by atoms with van der Waals surface area (Å²) in [6.07, 6.45) is 3.76. The number of carbonyl (C=O) groups is 2. The van der Waals surface area contributed by atoms with Crippen LogP contribution < -0.4 is 0 Å². The van der Waals surface area contributed by atoms with Crippen molar-refractivity contribution in [1.29, 1.82) is 0 Å². The molecule has 1 amide bonds. The smallest absolute Gasteiger partial charge is 0.257 e. The predicted molar refractivity (Wildman–Crippen MR) is 78.3 cm³/mol. The average Bonchev–Trinajstić information content (AvgIpc) is 3.00. The maximum Gasteiger partial charge on any atom is 0.257 e. The van der Waals surface area contributed by atoms with Crippen LogP contribution in [0.4, 0.5) is 0 Å². The SMILES string of the molecule is CC1CN(C(=O)c2cnn(-c3ccccc3)c2)CCC1=O. The minimum Gasteiger partial charge on any atom is -0.337 e. The molecule has 1 atom stereocenters. The van der Waals surface area contributed by atoms with Crippen molar-refractivity contribution in [2.75, 3.05) is 13.1 Å². The Bertz CT molecular complexity index is 663. The Morgan fingerprint density at radius 1 is 1.29 bits per heavy atom. The molecule has 108 valence electrons. The molecule has 1 aromatic carbocycles. The zero-order valence-corrected chi connectivity index (χ0v) is 11.9. The maximum atomic E-state index is 12.5. The molecule has 1 unspecified atom stereocenters. The van der Waals surface area contributed by atoms with Gasteiger partial charge in [-0.05, 0) is 12.1 Å². The van der Waals surface area contributed by atoms with Crippen molar-refractivity contribution >= 4 is 11.7 Å². The largest absolute Gasteiger partial charge is 0.337 e. The lowest BCUT2D eigenvalue weighted by Crippen LogP contribution is -2.43. The second-order valence-corrected chi connectivity index (χ2v) is 5.38. The van der Waals surface area contributed by atoms with Crippen LogP contribution in [0.15, 0.2) is 42.7 Å². The molecule has 1 fully saturated rings. The molecule has 1 aliphatic rings. The highest BCUT2D eigenvalue weighted by Gasteiger charge is 2.27. The summed E-state index contributed by atoms with van der Waals surface area (Å²) in [4.78, 5) is 25.7. The molecular formula is C16H17N3O2. The Morgan fingerprint density at radius 3 is 2.76 bits per heavy atom. The van der Waals surface area contributed by atoms with E-state index in [1.54, 1.807) is 22.0 Å². The van der Waals surface area contributed by atoms with Crippen LogP contribution in [0.25, 0.3) is 5.69 Å². The number of hydrogen-bond acceptors (Lipinski definition) is 3. The van der Waals surface area contributed by atoms with E-state index in [4.69, 9.17) is 0 Å². The lowest BCUT2D eigenvalue weighted by atomic mass is 9.98. The summed E-state index contributed by atoms with van der Waals surface area (Å²) in [5.41, 5.74) is 1.47. The van der Waals surface area contributed by atoms with Crippen LogP contribution in [0.2, 0.25) is 0 Å². The molecule has 2 aromatic rings. The van der Waals surface area contributed by atoms with Crippen molar-refractivity contribution in [1.82, 2.24) is 14.7 Å². The highest BCUT2D eigenvalue weighted by Crippen LogP contribution is 2.16. The van der Waals surface area contributed by atoms with Gasteiger partial charge in [0, 0.05) is 31.6 Å². The first-order valence-electron chi connectivity index (χ1n) is 7.07. The summed E-state index contributed by atoms with van der Waals surface area (Å²) < 4.78 is 1.69. The van der Waals surface area contributed by atoms with Crippen molar-refractivity contribution in [3.63, 3.8) is 0 Å². The predicted octanol–water partition coefficient (Wildman–Crippen LogP) is 1.92. The number of Topliss-reactive ketones (excluding diaryl/α,β-unsaturated/α-hetero) is 1. The summed E-state index contributed by atoms with van der Waals surface area (Å²) in [6.45, 7) is 2.86. The number of piperidine rings is 1. The van der Waals surface area contributed by atoms with E-state index in [0.717, 1.165) is 5.69 Å². The van der Waals surface area contributed by atoms with Gasteiger partial charge in [0.2, 0.25) is 0 Å². The van der Waals surface area contributed by atoms with Crippen LogP contribution in [-0.4, -0.2) is 39.5 Å². The molecule has 0 spiro atoms. The Morgan fingerprint density at radius 2 is 2.05 bits per heavy atom. The zero-order valence-electron chi connectivity index (χ0n) is 11.9. The Labute approximate surface area is 123 Å². The van der Waals surface area contributed by atoms with Gasteiger partial charge in [-0.3, -0.25) is 9.59 Å². The second kappa shape index (κ2) is 5.52. The minimum absolute atomic E-state index is 0.0588. The van der Waals surface area contributed by atoms with Gasteiger partial charge in [-0.1, -0.05) is 25.1 Å². The zero-order chi connectivity index (χ0) is 14.8. The lowest BCUT2D eigenvalue weighted by Gasteiger charge is -2.29. The van der Waals surface area contributed by atoms with Gasteiger partial charge in [-0.2, -0.15) is 5.10 Å². The number of amides is 1. The fraction of sp³-hybridized carbons (Fsp3) is 0.312. The number of carbonyl (C=O) groups excluding carboxylic acids is 2. The number of benzene rings is 1. The van der Waals surface area contributed by atoms with Crippen molar-refractivity contribution in [2.45, 2.75) is 13.3 Å². The standard InChI is InChI=1S/C16H17N3O2/c1-12-10-18(8-7-15(12)20)16(21)13-9-17-19(11-13)14-5-3-2-4-6-14/h2-6,9,11-12H,7-8,10H2,1H3. The second-order valence-electron chi connectivity index (χ2n) is 5.38. The highest BCUT2D eigenvalue weighted by atomic mass is 16.2. The molecule has 5 heteroatoms. The van der Waals surface area contributed by atoms with E-state index in [2.05, 4.69) is 5.10 Å². The summed E-state index contributed by atoms with van der Waals surface area (Å²) in [7, 11) is 0. The molecule has 0 N–H and O–H groups in total. The van der Waals surface area contributed by atoms with E-state index in [1.807, 2.05) is 37.3 Å². The Kier molecular flexibility index (Phi) is 3.56. The molecule has 1 aliphatic heterocycles. The number of para-hydroxylation sites is 1. The van der Waals surface area contributed by atoms with Crippen LogP contribution in [0.1, 0.15) is 23.7 Å². The number of likely N-dealkylation sites (tertiary alicyclic amines) is 1. The molecule has 0 saturated carbocycles. The quantitative estimate of drug-likeness (QED) is 0.846. The topological polar surface area (TPSA) is 55.2 Å². The number of ketones is 1. The molecule has 21 heavy (non-hydrogen) atoms. The molecule has 0 radical (unpaired) electrons. The number of rotatable bonds is 2. The van der Waals surface area contributed by atoms with Gasteiger partial charge in [-0.25, -0.2) is 4.68 Å². The third-order valence-corrected chi connectivity index (χ3v) is 3.81. The number of aromatic nitrogens is 2. The summed E-state index contributed by atoms with van der Waals surface area (Å²) in [5.74, 6) is 0.0995. The third-order valence-electron chi connectivity index (χ3n) is 3.81. The van der Waals surface area contributed by atoms with Gasteiger partial charge >= 0.3 is 0 Å². The number of hydrogen-bond donors (Lipinski definition) is 0. The fourth-order valence-corrected chi connectivity index (χ4v) is 2.54. The van der Waals surface area contributed by atoms with Crippen LogP contribution in [-0.2, 0) is 4.79 Å². The molecule has 5 nitrogen and oxygen atoms in total. The maximum absolute atomic E-state index is 12.5. The monoisotopic (exact) mass is 283 g/mol. The van der Waals surface area contributed by atoms with E-state index in [9.17, 15) is 9.59 Å². The van der Waals surface area contributed by atoms with Gasteiger partial charge in [0.05, 0.1) is 17.4 Å². The van der Waals surface area contributed by atoms with E-state index >= 15 is 0 Å². The molecule has 1 aromatic heterocycles. The summed E-state index contributed by atoms with van der Waals surface area (Å²) in [5, 5.41) is 4.24. The van der Waals surface area contributed by atoms with Gasteiger partial charge in [0.1, 0.15) is 5.78 Å². The van der Waals surface area contributed by atoms with E-state index in [-0.39, 0.29) is 17.6 Å². The van der Waals surface area contributed by atoms with Gasteiger partial charge in [-0.15, -0.1) is 0 Å². The Balaban J connectivity index is 1.77. The van der Waals surface area contributed by atoms with E-state index in [1.165, 1.54) is 0 Å². The van der Waals surface area contributed by atoms with Crippen molar-refractivity contribution in [3.8, 4) is 5.69 Å². The molecule has 0 aliphatic carbocycles. The first kappa shape index (κ1) is 13.5. The van der Waals surface area contributed by atoms with Crippen LogP contribution >= 0.6 is 0 Å². The van der Waals surface area contributed by atoms with Gasteiger partial charge in [0.25, 0.3) is 5.91 Å². The van der Waals surface area contributed by atoms with Gasteiger partial charge < -0.3 is 4.90 Å². The van der Waals surface area contributed by atoms with Crippen LogP contribution in [0, 0.1) is 5.92 Å². The average molecular weight is 283 g/mol. The van der Waals surface area contributed by atoms with Crippen molar-refractivity contribution in [3.05, 3.63) is 48.3 Å². The lowest BCUT2D eigenvalue weighted by molar-refractivity contribution is -0.124. The first-order valence-corrected chi connectivity index (χ1v) is 7.07. The van der Waals surface area contributed by atoms with E-state index in [0.29, 0.717) is 25.1 Å². The van der Waals surface area contributed by atoms with Crippen molar-refractivity contribution < 1.29 is 9.59 Å². The normalized spacial score (nSPS) is 18.8. The molecule has 0 bridgehead atoms. The molecule has 2 heterocycles. The summed E-state index contributed by atoms with van der Waals surface area (Å²) >= 11 is 0. The van der Waals surface area contributed by atoms with Crippen molar-refractivity contribution in [2.24, 2.45) is 5.92 Å². The van der Waals surface area contributed by atoms with Crippen LogP contribution in [0.5, 0.6) is 0 Å². The molecule has 1 saturated heterocycles. The third kappa shape index (κ3) is 2.72. The van der Waals surface area contributed by atoms with Gasteiger partial charge in [0.15, 0.2) is 0 Å². The minimum atomic E-state index is -0.0770. The van der Waals surface area contributed by atoms with E-state index < -0.39 is 0 Å².